The number of hydrazine groups is 1. The molecule has 0 radical (unpaired) electrons. The highest BCUT2D eigenvalue weighted by Gasteiger charge is 2.12. The van der Waals surface area contributed by atoms with E-state index in [1.807, 2.05) is 0 Å². The van der Waals surface area contributed by atoms with Gasteiger partial charge in [-0.05, 0) is 0 Å². The lowest BCUT2D eigenvalue weighted by Crippen LogP contribution is -2.26. The lowest BCUT2D eigenvalue weighted by atomic mass is 10.3. The number of nitrogens with zero attached hydrogens (tertiary/aromatic N) is 2. The van der Waals surface area contributed by atoms with Gasteiger partial charge < -0.3 is 9.40 Å². The SMILES string of the molecule is NNOC(=O)CCn1ccc(=O)c([N+](=O)[O-])c1. The first-order chi connectivity index (χ1) is 8.04. The van der Waals surface area contributed by atoms with Gasteiger partial charge in [0.25, 0.3) is 5.43 Å². The maximum absolute atomic E-state index is 11.1. The van der Waals surface area contributed by atoms with E-state index in [4.69, 9.17) is 5.84 Å². The van der Waals surface area contributed by atoms with E-state index < -0.39 is 22.0 Å². The molecule has 1 heterocycles. The quantitative estimate of drug-likeness (QED) is 0.387. The third-order valence-electron chi connectivity index (χ3n) is 1.90. The van der Waals surface area contributed by atoms with E-state index in [0.29, 0.717) is 0 Å². The number of hydrogen-bond donors (Lipinski definition) is 2. The van der Waals surface area contributed by atoms with E-state index in [-0.39, 0.29) is 13.0 Å². The molecule has 0 amide bonds. The second-order valence-corrected chi connectivity index (χ2v) is 3.03. The summed E-state index contributed by atoms with van der Waals surface area (Å²) in [5, 5.41) is 10.5. The van der Waals surface area contributed by atoms with Gasteiger partial charge in [-0.1, -0.05) is 5.59 Å². The third kappa shape index (κ3) is 3.66. The molecular weight excluding hydrogens is 232 g/mol. The van der Waals surface area contributed by atoms with Crippen LogP contribution >= 0.6 is 0 Å². The Morgan fingerprint density at radius 1 is 1.65 bits per heavy atom. The largest absolute Gasteiger partial charge is 0.356 e. The molecule has 3 N–H and O–H groups in total. The fourth-order valence-corrected chi connectivity index (χ4v) is 1.13. The Kier molecular flexibility index (Phi) is 4.31. The normalized spacial score (nSPS) is 9.94. The van der Waals surface area contributed by atoms with Crippen LogP contribution in [0.2, 0.25) is 0 Å². The minimum Gasteiger partial charge on any atom is -0.356 e. The van der Waals surface area contributed by atoms with Crippen LogP contribution in [0.5, 0.6) is 0 Å². The molecule has 0 bridgehead atoms. The first-order valence-corrected chi connectivity index (χ1v) is 4.54. The van der Waals surface area contributed by atoms with Crippen molar-refractivity contribution in [1.29, 1.82) is 0 Å². The molecule has 17 heavy (non-hydrogen) atoms. The molecule has 0 saturated heterocycles. The Balaban J connectivity index is 2.73. The van der Waals surface area contributed by atoms with Crippen molar-refractivity contribution in [2.45, 2.75) is 13.0 Å². The van der Waals surface area contributed by atoms with Gasteiger partial charge in [0.05, 0.1) is 17.5 Å². The van der Waals surface area contributed by atoms with Crippen molar-refractivity contribution in [1.82, 2.24) is 10.2 Å². The minimum atomic E-state index is -0.779. The maximum atomic E-state index is 11.1. The fraction of sp³-hybridized carbons (Fsp3) is 0.250. The maximum Gasteiger partial charge on any atom is 0.332 e. The summed E-state index contributed by atoms with van der Waals surface area (Å²) < 4.78 is 1.34. The fourth-order valence-electron chi connectivity index (χ4n) is 1.13. The van der Waals surface area contributed by atoms with Crippen molar-refractivity contribution < 1.29 is 14.6 Å². The summed E-state index contributed by atoms with van der Waals surface area (Å²) in [5.74, 6) is 4.13. The smallest absolute Gasteiger partial charge is 0.332 e. The number of aromatic nitrogens is 1. The Labute approximate surface area is 94.9 Å². The lowest BCUT2D eigenvalue weighted by Gasteiger charge is -2.04. The molecule has 0 aromatic carbocycles. The Morgan fingerprint density at radius 2 is 2.35 bits per heavy atom. The van der Waals surface area contributed by atoms with Crippen LogP contribution in [0.25, 0.3) is 0 Å². The zero-order chi connectivity index (χ0) is 12.8. The standard InChI is InChI=1S/C8H10N4O5/c9-10-17-8(14)2-4-11-3-1-7(13)6(5-11)12(15)16/h1,3,5,10H,2,4,9H2. The van der Waals surface area contributed by atoms with Crippen molar-refractivity contribution >= 4 is 11.7 Å². The van der Waals surface area contributed by atoms with Gasteiger partial charge in [-0.2, -0.15) is 0 Å². The molecule has 0 spiro atoms. The number of nitrogens with one attached hydrogen (secondary N) is 1. The van der Waals surface area contributed by atoms with Crippen molar-refractivity contribution in [3.8, 4) is 0 Å². The van der Waals surface area contributed by atoms with E-state index >= 15 is 0 Å². The van der Waals surface area contributed by atoms with Crippen LogP contribution in [0.4, 0.5) is 5.69 Å². The average Bonchev–Trinajstić information content (AvgIpc) is 2.28. The van der Waals surface area contributed by atoms with E-state index in [9.17, 15) is 19.7 Å². The average molecular weight is 242 g/mol. The van der Waals surface area contributed by atoms with Crippen molar-refractivity contribution in [2.24, 2.45) is 5.84 Å². The van der Waals surface area contributed by atoms with Gasteiger partial charge in [-0.3, -0.25) is 19.7 Å². The van der Waals surface area contributed by atoms with Crippen LogP contribution in [0.1, 0.15) is 6.42 Å². The third-order valence-corrected chi connectivity index (χ3v) is 1.90. The number of nitro groups is 1. The van der Waals surface area contributed by atoms with Gasteiger partial charge in [-0.25, -0.2) is 5.84 Å². The van der Waals surface area contributed by atoms with Gasteiger partial charge in [0, 0.05) is 18.8 Å². The predicted molar refractivity (Wildman–Crippen MR) is 55.4 cm³/mol. The van der Waals surface area contributed by atoms with Crippen LogP contribution in [0, 0.1) is 10.1 Å². The molecule has 0 unspecified atom stereocenters. The Bertz CT molecular complexity index is 483. The zero-order valence-corrected chi connectivity index (χ0v) is 8.66. The van der Waals surface area contributed by atoms with Gasteiger partial charge in [0.2, 0.25) is 0 Å². The molecule has 0 aliphatic rings. The van der Waals surface area contributed by atoms with E-state index in [2.05, 4.69) is 4.84 Å². The molecule has 0 fully saturated rings. The van der Waals surface area contributed by atoms with Crippen LogP contribution in [0.3, 0.4) is 0 Å². The van der Waals surface area contributed by atoms with Crippen LogP contribution in [-0.4, -0.2) is 15.5 Å². The zero-order valence-electron chi connectivity index (χ0n) is 8.66. The number of pyridine rings is 1. The number of hydrogen-bond acceptors (Lipinski definition) is 7. The predicted octanol–water partition coefficient (Wildman–Crippen LogP) is -0.932. The van der Waals surface area contributed by atoms with E-state index in [1.165, 1.54) is 10.8 Å². The van der Waals surface area contributed by atoms with Gasteiger partial charge in [0.15, 0.2) is 0 Å². The summed E-state index contributed by atoms with van der Waals surface area (Å²) in [7, 11) is 0. The number of aryl methyl sites for hydroxylation is 1. The summed E-state index contributed by atoms with van der Waals surface area (Å²) in [4.78, 5) is 36.0. The van der Waals surface area contributed by atoms with Crippen LogP contribution in [0.15, 0.2) is 23.3 Å². The summed E-state index contributed by atoms with van der Waals surface area (Å²) >= 11 is 0. The summed E-state index contributed by atoms with van der Waals surface area (Å²) in [6.07, 6.45) is 2.37. The Hall–Kier alpha value is -2.26. The van der Waals surface area contributed by atoms with Crippen molar-refractivity contribution in [3.05, 3.63) is 38.8 Å². The van der Waals surface area contributed by atoms with E-state index in [0.717, 1.165) is 12.3 Å². The summed E-state index contributed by atoms with van der Waals surface area (Å²) in [5.41, 5.74) is 0.499. The second kappa shape index (κ2) is 5.72. The first-order valence-electron chi connectivity index (χ1n) is 4.54. The molecule has 9 heteroatoms. The molecule has 0 atom stereocenters. The summed E-state index contributed by atoms with van der Waals surface area (Å²) in [6, 6.07) is 1.06. The number of nitrogens with two attached hydrogens (primary N) is 1. The van der Waals surface area contributed by atoms with Gasteiger partial charge in [-0.15, -0.1) is 0 Å². The minimum absolute atomic E-state index is 0.0375. The number of carbonyl (C=O) groups is 1. The molecule has 1 aromatic rings. The molecule has 0 aliphatic heterocycles. The topological polar surface area (TPSA) is 129 Å². The van der Waals surface area contributed by atoms with Gasteiger partial charge >= 0.3 is 11.7 Å². The molecule has 9 nitrogen and oxygen atoms in total. The molecule has 92 valence electrons. The first kappa shape index (κ1) is 12.8. The highest BCUT2D eigenvalue weighted by Crippen LogP contribution is 2.03. The highest BCUT2D eigenvalue weighted by molar-refractivity contribution is 5.68. The second-order valence-electron chi connectivity index (χ2n) is 3.03. The van der Waals surface area contributed by atoms with Crippen molar-refractivity contribution in [3.63, 3.8) is 0 Å². The van der Waals surface area contributed by atoms with Gasteiger partial charge in [0.1, 0.15) is 0 Å². The molecule has 1 rings (SSSR count). The van der Waals surface area contributed by atoms with Crippen molar-refractivity contribution in [2.75, 3.05) is 0 Å². The highest BCUT2D eigenvalue weighted by atomic mass is 16.7. The number of carbonyl (C=O) groups excluding carboxylic acids is 1. The summed E-state index contributed by atoms with van der Waals surface area (Å²) in [6.45, 7) is 0.141. The van der Waals surface area contributed by atoms with Crippen LogP contribution < -0.4 is 16.9 Å². The molecule has 1 aromatic heterocycles. The molecule has 0 aliphatic carbocycles. The Morgan fingerprint density at radius 3 is 2.94 bits per heavy atom. The van der Waals surface area contributed by atoms with Crippen LogP contribution in [-0.2, 0) is 16.2 Å². The monoisotopic (exact) mass is 242 g/mol. The van der Waals surface area contributed by atoms with E-state index in [1.54, 1.807) is 5.59 Å². The number of rotatable bonds is 5. The lowest BCUT2D eigenvalue weighted by molar-refractivity contribution is -0.386. The molecule has 0 saturated carbocycles. The molecular formula is C8H10N4O5.